The van der Waals surface area contributed by atoms with Crippen LogP contribution in [0.1, 0.15) is 33.1 Å². The molecule has 0 saturated carbocycles. The highest BCUT2D eigenvalue weighted by atomic mass is 35.5. The molecule has 2 amide bonds. The van der Waals surface area contributed by atoms with E-state index in [1.54, 1.807) is 12.1 Å². The summed E-state index contributed by atoms with van der Waals surface area (Å²) in [6, 6.07) is 3.25. The summed E-state index contributed by atoms with van der Waals surface area (Å²) in [5, 5.41) is 6.25. The normalized spacial score (nSPS) is 15.0. The Morgan fingerprint density at radius 3 is 2.45 bits per heavy atom. The van der Waals surface area contributed by atoms with E-state index in [1.807, 2.05) is 13.8 Å². The van der Waals surface area contributed by atoms with E-state index >= 15 is 0 Å². The number of benzene rings is 1. The number of nitrogens with one attached hydrogen (secondary N) is 2. The number of halogens is 1. The number of likely N-dealkylation sites (tertiary alicyclic amines) is 1. The van der Waals surface area contributed by atoms with Crippen LogP contribution in [-0.4, -0.2) is 69.8 Å². The molecule has 1 aliphatic heterocycles. The lowest BCUT2D eigenvalue weighted by molar-refractivity contribution is -0.126. The molecule has 1 heterocycles. The van der Waals surface area contributed by atoms with Crippen LogP contribution in [0.5, 0.6) is 11.5 Å². The summed E-state index contributed by atoms with van der Waals surface area (Å²) in [5.74, 6) is 0.849. The predicted octanol–water partition coefficient (Wildman–Crippen LogP) is 2.94. The average molecular weight is 456 g/mol. The van der Waals surface area contributed by atoms with Crippen molar-refractivity contribution in [1.29, 1.82) is 0 Å². The Balaban J connectivity index is 1.75. The van der Waals surface area contributed by atoms with Crippen molar-refractivity contribution >= 4 is 29.1 Å². The van der Waals surface area contributed by atoms with E-state index in [9.17, 15) is 9.59 Å². The number of carbonyl (C=O) groups is 2. The molecule has 174 valence electrons. The van der Waals surface area contributed by atoms with Gasteiger partial charge in [0.15, 0.2) is 0 Å². The van der Waals surface area contributed by atoms with Crippen molar-refractivity contribution in [2.75, 3.05) is 52.3 Å². The van der Waals surface area contributed by atoms with E-state index in [1.165, 1.54) is 14.2 Å². The minimum absolute atomic E-state index is 0.00838. The Hall–Kier alpha value is -2.03. The maximum absolute atomic E-state index is 12.5. The number of anilines is 1. The zero-order valence-electron chi connectivity index (χ0n) is 18.8. The number of rotatable bonds is 11. The van der Waals surface area contributed by atoms with Crippen molar-refractivity contribution in [2.45, 2.75) is 39.2 Å². The van der Waals surface area contributed by atoms with E-state index in [0.717, 1.165) is 19.3 Å². The molecular formula is C22H34ClN3O5. The molecule has 8 nitrogen and oxygen atoms in total. The Morgan fingerprint density at radius 2 is 1.84 bits per heavy atom. The number of methoxy groups -OCH3 is 2. The first kappa shape index (κ1) is 25.2. The van der Waals surface area contributed by atoms with Crippen LogP contribution in [0.3, 0.4) is 0 Å². The van der Waals surface area contributed by atoms with Crippen molar-refractivity contribution in [3.8, 4) is 11.5 Å². The minimum Gasteiger partial charge on any atom is -0.495 e. The van der Waals surface area contributed by atoms with Gasteiger partial charge in [-0.25, -0.2) is 0 Å². The van der Waals surface area contributed by atoms with E-state index in [4.69, 9.17) is 25.8 Å². The van der Waals surface area contributed by atoms with Crippen LogP contribution in [0.25, 0.3) is 0 Å². The van der Waals surface area contributed by atoms with Crippen molar-refractivity contribution in [3.05, 3.63) is 17.2 Å². The van der Waals surface area contributed by atoms with E-state index < -0.39 is 0 Å². The first-order chi connectivity index (χ1) is 14.8. The van der Waals surface area contributed by atoms with Gasteiger partial charge in [-0.15, -0.1) is 0 Å². The molecule has 31 heavy (non-hydrogen) atoms. The molecule has 0 spiro atoms. The predicted molar refractivity (Wildman–Crippen MR) is 121 cm³/mol. The molecule has 1 aromatic carbocycles. The van der Waals surface area contributed by atoms with Gasteiger partial charge < -0.3 is 24.8 Å². The number of piperidine rings is 1. The molecule has 1 aliphatic rings. The monoisotopic (exact) mass is 455 g/mol. The highest BCUT2D eigenvalue weighted by Crippen LogP contribution is 2.35. The second-order valence-electron chi connectivity index (χ2n) is 7.85. The molecule has 0 radical (unpaired) electrons. The number of nitrogens with zero attached hydrogens (tertiary/aromatic N) is 1. The lowest BCUT2D eigenvalue weighted by Crippen LogP contribution is -2.43. The summed E-state index contributed by atoms with van der Waals surface area (Å²) in [7, 11) is 3.03. The van der Waals surface area contributed by atoms with Gasteiger partial charge in [-0.3, -0.25) is 14.5 Å². The van der Waals surface area contributed by atoms with Crippen LogP contribution in [0.2, 0.25) is 5.02 Å². The maximum Gasteiger partial charge on any atom is 0.238 e. The highest BCUT2D eigenvalue weighted by Gasteiger charge is 2.26. The number of carbonyl (C=O) groups excluding carboxylic acids is 2. The highest BCUT2D eigenvalue weighted by molar-refractivity contribution is 6.32. The number of amides is 2. The molecule has 0 atom stereocenters. The molecular weight excluding hydrogens is 422 g/mol. The van der Waals surface area contributed by atoms with Gasteiger partial charge >= 0.3 is 0 Å². The summed E-state index contributed by atoms with van der Waals surface area (Å²) in [4.78, 5) is 26.9. The maximum atomic E-state index is 12.5. The Labute approximate surface area is 189 Å². The fourth-order valence-electron chi connectivity index (χ4n) is 3.45. The van der Waals surface area contributed by atoms with Crippen molar-refractivity contribution in [1.82, 2.24) is 10.2 Å². The van der Waals surface area contributed by atoms with E-state index in [0.29, 0.717) is 48.5 Å². The summed E-state index contributed by atoms with van der Waals surface area (Å²) in [5.41, 5.74) is 0.504. The minimum atomic E-state index is -0.157. The van der Waals surface area contributed by atoms with Crippen molar-refractivity contribution in [2.24, 2.45) is 5.92 Å². The second kappa shape index (κ2) is 12.7. The molecule has 1 saturated heterocycles. The molecule has 0 aromatic heterocycles. The van der Waals surface area contributed by atoms with Gasteiger partial charge in [0, 0.05) is 31.2 Å². The molecule has 1 aromatic rings. The SMILES string of the molecule is COc1cc(NC(=O)CN2CCC(C(=O)NCCCOC(C)C)CC2)c(OC)cc1Cl. The van der Waals surface area contributed by atoms with Gasteiger partial charge in [-0.05, 0) is 46.2 Å². The van der Waals surface area contributed by atoms with Crippen LogP contribution in [0.4, 0.5) is 5.69 Å². The third-order valence-corrected chi connectivity index (χ3v) is 5.44. The van der Waals surface area contributed by atoms with Gasteiger partial charge in [0.2, 0.25) is 11.8 Å². The molecule has 2 rings (SSSR count). The molecule has 1 fully saturated rings. The fraction of sp³-hybridized carbons (Fsp3) is 0.636. The first-order valence-electron chi connectivity index (χ1n) is 10.7. The fourth-order valence-corrected chi connectivity index (χ4v) is 3.68. The van der Waals surface area contributed by atoms with Gasteiger partial charge in [-0.2, -0.15) is 0 Å². The van der Waals surface area contributed by atoms with Crippen LogP contribution < -0.4 is 20.1 Å². The smallest absolute Gasteiger partial charge is 0.238 e. The Morgan fingerprint density at radius 1 is 1.16 bits per heavy atom. The topological polar surface area (TPSA) is 89.1 Å². The number of hydrogen-bond acceptors (Lipinski definition) is 6. The van der Waals surface area contributed by atoms with Crippen LogP contribution in [0.15, 0.2) is 12.1 Å². The molecule has 0 bridgehead atoms. The number of ether oxygens (including phenoxy) is 3. The standard InChI is InChI=1S/C22H34ClN3O5/c1-15(2)31-11-5-8-24-22(28)16-6-9-26(10-7-16)14-21(27)25-18-13-19(29-3)17(23)12-20(18)30-4/h12-13,15-16H,5-11,14H2,1-4H3,(H,24,28)(H,25,27). The van der Waals surface area contributed by atoms with Crippen molar-refractivity contribution < 1.29 is 23.8 Å². The quantitative estimate of drug-likeness (QED) is 0.499. The van der Waals surface area contributed by atoms with Gasteiger partial charge in [-0.1, -0.05) is 11.6 Å². The summed E-state index contributed by atoms with van der Waals surface area (Å²) in [6.07, 6.45) is 2.49. The zero-order valence-corrected chi connectivity index (χ0v) is 19.6. The molecule has 0 aliphatic carbocycles. The van der Waals surface area contributed by atoms with Crippen LogP contribution in [-0.2, 0) is 14.3 Å². The largest absolute Gasteiger partial charge is 0.495 e. The Bertz CT molecular complexity index is 736. The van der Waals surface area contributed by atoms with E-state index in [2.05, 4.69) is 15.5 Å². The zero-order chi connectivity index (χ0) is 22.8. The van der Waals surface area contributed by atoms with Crippen LogP contribution in [0, 0.1) is 5.92 Å². The van der Waals surface area contributed by atoms with Crippen LogP contribution >= 0.6 is 11.6 Å². The average Bonchev–Trinajstić information content (AvgIpc) is 2.74. The lowest BCUT2D eigenvalue weighted by Gasteiger charge is -2.30. The number of hydrogen-bond donors (Lipinski definition) is 2. The van der Waals surface area contributed by atoms with Gasteiger partial charge in [0.1, 0.15) is 11.5 Å². The van der Waals surface area contributed by atoms with Gasteiger partial charge in [0.05, 0.1) is 37.6 Å². The Kier molecular flexibility index (Phi) is 10.4. The lowest BCUT2D eigenvalue weighted by atomic mass is 9.96. The van der Waals surface area contributed by atoms with E-state index in [-0.39, 0.29) is 30.4 Å². The molecule has 0 unspecified atom stereocenters. The van der Waals surface area contributed by atoms with Gasteiger partial charge in [0.25, 0.3) is 0 Å². The summed E-state index contributed by atoms with van der Waals surface area (Å²) < 4.78 is 16.0. The summed E-state index contributed by atoms with van der Waals surface area (Å²) >= 11 is 6.11. The molecule has 2 N–H and O–H groups in total. The third kappa shape index (κ3) is 8.20. The van der Waals surface area contributed by atoms with Crippen molar-refractivity contribution in [3.63, 3.8) is 0 Å². The summed E-state index contributed by atoms with van der Waals surface area (Å²) in [6.45, 7) is 6.91. The molecule has 9 heteroatoms. The third-order valence-electron chi connectivity index (χ3n) is 5.15. The second-order valence-corrected chi connectivity index (χ2v) is 8.26. The first-order valence-corrected chi connectivity index (χ1v) is 11.0.